The van der Waals surface area contributed by atoms with Crippen LogP contribution in [0.2, 0.25) is 0 Å². The largest absolute Gasteiger partial charge is 0.469 e. The van der Waals surface area contributed by atoms with Gasteiger partial charge >= 0.3 is 5.97 Å². The van der Waals surface area contributed by atoms with Crippen molar-refractivity contribution >= 4 is 11.9 Å². The molecule has 0 aliphatic rings. The first-order valence-electron chi connectivity index (χ1n) is 7.81. The highest BCUT2D eigenvalue weighted by atomic mass is 16.5. The number of ether oxygens (including phenoxy) is 1. The van der Waals surface area contributed by atoms with Crippen molar-refractivity contribution < 1.29 is 14.3 Å². The first-order chi connectivity index (χ1) is 11.3. The second kappa shape index (κ2) is 7.29. The van der Waals surface area contributed by atoms with Crippen molar-refractivity contribution in [2.45, 2.75) is 33.2 Å². The molecule has 1 amide bonds. The lowest BCUT2D eigenvalue weighted by atomic mass is 9.87. The first kappa shape index (κ1) is 17.7. The monoisotopic (exact) mass is 329 g/mol. The maximum atomic E-state index is 12.5. The number of aromatic nitrogens is 2. The Labute approximate surface area is 141 Å². The third-order valence-corrected chi connectivity index (χ3v) is 3.92. The van der Waals surface area contributed by atoms with Crippen LogP contribution >= 0.6 is 0 Å². The van der Waals surface area contributed by atoms with Crippen molar-refractivity contribution in [2.75, 3.05) is 7.11 Å². The average molecular weight is 329 g/mol. The number of methoxy groups -OCH3 is 1. The Bertz CT molecular complexity index is 708. The van der Waals surface area contributed by atoms with Gasteiger partial charge in [0.2, 0.25) is 5.91 Å². The molecule has 1 aromatic heterocycles. The van der Waals surface area contributed by atoms with Crippen LogP contribution in [-0.4, -0.2) is 28.8 Å². The molecule has 0 saturated heterocycles. The molecule has 1 aromatic carbocycles. The van der Waals surface area contributed by atoms with E-state index in [9.17, 15) is 9.59 Å². The molecular weight excluding hydrogens is 306 g/mol. The Balaban J connectivity index is 2.09. The number of nitrogens with one attached hydrogen (secondary N) is 1. The van der Waals surface area contributed by atoms with Gasteiger partial charge < -0.3 is 10.1 Å². The zero-order chi connectivity index (χ0) is 17.7. The molecule has 0 bridgehead atoms. The molecule has 0 spiro atoms. The minimum atomic E-state index is -0.832. The number of carbonyl (C=O) groups excluding carboxylic acids is 2. The van der Waals surface area contributed by atoms with Crippen LogP contribution < -0.4 is 5.32 Å². The summed E-state index contributed by atoms with van der Waals surface area (Å²) in [4.78, 5) is 23.9. The van der Waals surface area contributed by atoms with Gasteiger partial charge in [-0.1, -0.05) is 26.0 Å². The molecule has 1 N–H and O–H groups in total. The van der Waals surface area contributed by atoms with Gasteiger partial charge in [-0.2, -0.15) is 5.10 Å². The van der Waals surface area contributed by atoms with Crippen molar-refractivity contribution in [1.82, 2.24) is 15.1 Å². The Morgan fingerprint density at radius 3 is 2.71 bits per heavy atom. The van der Waals surface area contributed by atoms with Crippen LogP contribution in [0.25, 0.3) is 5.69 Å². The summed E-state index contributed by atoms with van der Waals surface area (Å²) in [6.45, 7) is 5.37. The van der Waals surface area contributed by atoms with E-state index >= 15 is 0 Å². The predicted octanol–water partition coefficient (Wildman–Crippen LogP) is 2.64. The topological polar surface area (TPSA) is 73.2 Å². The summed E-state index contributed by atoms with van der Waals surface area (Å²) < 4.78 is 6.42. The van der Waals surface area contributed by atoms with Crippen molar-refractivity contribution in [3.8, 4) is 5.69 Å². The quantitative estimate of drug-likeness (QED) is 0.827. The summed E-state index contributed by atoms with van der Waals surface area (Å²) in [7, 11) is 1.32. The first-order valence-corrected chi connectivity index (χ1v) is 7.81. The van der Waals surface area contributed by atoms with Crippen molar-refractivity contribution in [3.63, 3.8) is 0 Å². The van der Waals surface area contributed by atoms with E-state index in [0.29, 0.717) is 0 Å². The molecule has 0 aliphatic carbocycles. The lowest BCUT2D eigenvalue weighted by molar-refractivity contribution is -0.147. The number of amides is 1. The highest BCUT2D eigenvalue weighted by Gasteiger charge is 2.31. The molecule has 2 rings (SSSR count). The van der Waals surface area contributed by atoms with Crippen LogP contribution in [0.5, 0.6) is 0 Å². The van der Waals surface area contributed by atoms with Crippen LogP contribution in [0.4, 0.5) is 0 Å². The molecule has 1 heterocycles. The lowest BCUT2D eigenvalue weighted by Crippen LogP contribution is -2.39. The van der Waals surface area contributed by atoms with Crippen LogP contribution in [0.15, 0.2) is 42.7 Å². The molecule has 2 aromatic rings. The summed E-state index contributed by atoms with van der Waals surface area (Å²) in [5.41, 5.74) is 1.05. The molecule has 6 heteroatoms. The van der Waals surface area contributed by atoms with E-state index in [4.69, 9.17) is 0 Å². The fourth-order valence-corrected chi connectivity index (χ4v) is 2.35. The molecule has 128 valence electrons. The van der Waals surface area contributed by atoms with Gasteiger partial charge in [0.25, 0.3) is 0 Å². The van der Waals surface area contributed by atoms with Gasteiger partial charge in [0, 0.05) is 12.4 Å². The van der Waals surface area contributed by atoms with Crippen LogP contribution in [0, 0.1) is 5.41 Å². The minimum absolute atomic E-state index is 0.0371. The summed E-state index contributed by atoms with van der Waals surface area (Å²) in [5, 5.41) is 7.17. The van der Waals surface area contributed by atoms with Gasteiger partial charge in [-0.05, 0) is 30.7 Å². The fraction of sp³-hybridized carbons (Fsp3) is 0.389. The second-order valence-corrected chi connectivity index (χ2v) is 6.38. The van der Waals surface area contributed by atoms with Crippen molar-refractivity contribution in [3.05, 3.63) is 48.3 Å². The number of esters is 1. The molecule has 0 radical (unpaired) electrons. The maximum absolute atomic E-state index is 12.5. The summed E-state index contributed by atoms with van der Waals surface area (Å²) >= 11 is 0. The number of benzene rings is 1. The number of rotatable bonds is 6. The van der Waals surface area contributed by atoms with Gasteiger partial charge in [0.1, 0.15) is 0 Å². The Morgan fingerprint density at radius 2 is 2.08 bits per heavy atom. The zero-order valence-electron chi connectivity index (χ0n) is 14.4. The van der Waals surface area contributed by atoms with Crippen molar-refractivity contribution in [2.24, 2.45) is 5.41 Å². The van der Waals surface area contributed by atoms with Crippen LogP contribution in [0.3, 0.4) is 0 Å². The van der Waals surface area contributed by atoms with Crippen molar-refractivity contribution in [1.29, 1.82) is 0 Å². The van der Waals surface area contributed by atoms with E-state index in [1.54, 1.807) is 24.7 Å². The lowest BCUT2D eigenvalue weighted by Gasteiger charge is -2.25. The van der Waals surface area contributed by atoms with E-state index in [0.717, 1.165) is 11.3 Å². The number of hydrogen-bond acceptors (Lipinski definition) is 4. The van der Waals surface area contributed by atoms with E-state index in [1.807, 2.05) is 43.5 Å². The number of hydrogen-bond donors (Lipinski definition) is 1. The molecule has 0 unspecified atom stereocenters. The van der Waals surface area contributed by atoms with E-state index in [-0.39, 0.29) is 18.4 Å². The Morgan fingerprint density at radius 1 is 1.33 bits per heavy atom. The molecule has 1 atom stereocenters. The standard InChI is InChI=1S/C18H23N3O3/c1-13(20-17(23)18(2,3)12-16(22)24-4)14-7-5-8-15(11-14)21-10-6-9-19-21/h5-11,13H,12H2,1-4H3,(H,20,23)/t13-/m0/s1. The number of carbonyl (C=O) groups is 2. The summed E-state index contributed by atoms with van der Waals surface area (Å²) in [6, 6.07) is 9.47. The molecule has 0 saturated carbocycles. The highest BCUT2D eigenvalue weighted by Crippen LogP contribution is 2.24. The van der Waals surface area contributed by atoms with Gasteiger partial charge in [-0.15, -0.1) is 0 Å². The van der Waals surface area contributed by atoms with E-state index < -0.39 is 11.4 Å². The second-order valence-electron chi connectivity index (χ2n) is 6.38. The Kier molecular flexibility index (Phi) is 5.39. The van der Waals surface area contributed by atoms with Gasteiger partial charge in [-0.25, -0.2) is 4.68 Å². The summed E-state index contributed by atoms with van der Waals surface area (Å²) in [5.74, 6) is -0.589. The molecule has 6 nitrogen and oxygen atoms in total. The third-order valence-electron chi connectivity index (χ3n) is 3.92. The van der Waals surface area contributed by atoms with E-state index in [1.165, 1.54) is 7.11 Å². The molecule has 0 aliphatic heterocycles. The van der Waals surface area contributed by atoms with Gasteiger partial charge in [0.15, 0.2) is 0 Å². The van der Waals surface area contributed by atoms with E-state index in [2.05, 4.69) is 15.2 Å². The third kappa shape index (κ3) is 4.22. The predicted molar refractivity (Wildman–Crippen MR) is 90.5 cm³/mol. The average Bonchev–Trinajstić information content (AvgIpc) is 3.08. The van der Waals surface area contributed by atoms with Crippen LogP contribution in [0.1, 0.15) is 38.8 Å². The smallest absolute Gasteiger partial charge is 0.306 e. The SMILES string of the molecule is COC(=O)CC(C)(C)C(=O)N[C@@H](C)c1cccc(-n2cccn2)c1. The van der Waals surface area contributed by atoms with Gasteiger partial charge in [-0.3, -0.25) is 9.59 Å². The summed E-state index contributed by atoms with van der Waals surface area (Å²) in [6.07, 6.45) is 3.62. The Hall–Kier alpha value is -2.63. The molecular formula is C18H23N3O3. The normalized spacial score (nSPS) is 12.5. The van der Waals surface area contributed by atoms with Crippen LogP contribution in [-0.2, 0) is 14.3 Å². The maximum Gasteiger partial charge on any atom is 0.306 e. The molecule has 0 fully saturated rings. The zero-order valence-corrected chi connectivity index (χ0v) is 14.4. The number of nitrogens with zero attached hydrogens (tertiary/aromatic N) is 2. The fourth-order valence-electron chi connectivity index (χ4n) is 2.35. The highest BCUT2D eigenvalue weighted by molar-refractivity contribution is 5.86. The minimum Gasteiger partial charge on any atom is -0.469 e. The van der Waals surface area contributed by atoms with Gasteiger partial charge in [0.05, 0.1) is 30.7 Å². The molecule has 24 heavy (non-hydrogen) atoms.